The van der Waals surface area contributed by atoms with E-state index in [4.69, 9.17) is 0 Å². The van der Waals surface area contributed by atoms with Crippen LogP contribution in [0.3, 0.4) is 0 Å². The second-order valence-corrected chi connectivity index (χ2v) is 5.43. The molecule has 0 aromatic rings. The Morgan fingerprint density at radius 3 is 2.14 bits per heavy atom. The van der Waals surface area contributed by atoms with Crippen LogP contribution < -0.4 is 5.32 Å². The second-order valence-electron chi connectivity index (χ2n) is 5.43. The summed E-state index contributed by atoms with van der Waals surface area (Å²) in [5, 5.41) is 3.48. The third-order valence-electron chi connectivity index (χ3n) is 1.89. The molecule has 0 spiro atoms. The van der Waals surface area contributed by atoms with E-state index in [0.717, 1.165) is 6.54 Å². The third-order valence-corrected chi connectivity index (χ3v) is 1.89. The van der Waals surface area contributed by atoms with E-state index in [9.17, 15) is 0 Å². The van der Waals surface area contributed by atoms with Gasteiger partial charge in [-0.05, 0) is 47.6 Å². The molecule has 0 unspecified atom stereocenters. The summed E-state index contributed by atoms with van der Waals surface area (Å²) in [4.78, 5) is 4.52. The number of unbranched alkanes of at least 4 members (excludes halogenated alkanes) is 1. The van der Waals surface area contributed by atoms with Gasteiger partial charge in [-0.2, -0.15) is 0 Å². The highest BCUT2D eigenvalue weighted by Crippen LogP contribution is 2.08. The predicted molar refractivity (Wildman–Crippen MR) is 65.2 cm³/mol. The number of nitrogens with one attached hydrogen (secondary N) is 1. The molecule has 2 nitrogen and oxygen atoms in total. The standard InChI is InChI=1S/C12H26N2/c1-7-8-9-13-12(5,6)10-14-11(2,3)4/h10,13H,7-9H2,1-6H3/b14-10+. The van der Waals surface area contributed by atoms with E-state index < -0.39 is 0 Å². The minimum Gasteiger partial charge on any atom is -0.307 e. The molecule has 0 aliphatic rings. The van der Waals surface area contributed by atoms with Crippen LogP contribution in [-0.4, -0.2) is 23.8 Å². The largest absolute Gasteiger partial charge is 0.307 e. The van der Waals surface area contributed by atoms with Crippen molar-refractivity contribution >= 4 is 6.21 Å². The zero-order valence-electron chi connectivity index (χ0n) is 10.6. The summed E-state index contributed by atoms with van der Waals surface area (Å²) in [6.07, 6.45) is 4.49. The number of nitrogens with zero attached hydrogens (tertiary/aromatic N) is 1. The van der Waals surface area contributed by atoms with Crippen molar-refractivity contribution in [1.29, 1.82) is 0 Å². The van der Waals surface area contributed by atoms with E-state index in [-0.39, 0.29) is 11.1 Å². The van der Waals surface area contributed by atoms with Crippen LogP contribution in [0, 0.1) is 0 Å². The molecule has 0 aliphatic carbocycles. The predicted octanol–water partition coefficient (Wildman–Crippen LogP) is 3.02. The zero-order valence-corrected chi connectivity index (χ0v) is 10.6. The number of aliphatic imine (C=N–C) groups is 1. The summed E-state index contributed by atoms with van der Waals surface area (Å²) in [6.45, 7) is 14.0. The molecular formula is C12H26N2. The van der Waals surface area contributed by atoms with Crippen molar-refractivity contribution in [3.63, 3.8) is 0 Å². The number of hydrogen-bond acceptors (Lipinski definition) is 2. The van der Waals surface area contributed by atoms with Crippen molar-refractivity contribution in [2.24, 2.45) is 4.99 Å². The fourth-order valence-corrected chi connectivity index (χ4v) is 0.988. The topological polar surface area (TPSA) is 24.4 Å². The fourth-order valence-electron chi connectivity index (χ4n) is 0.988. The van der Waals surface area contributed by atoms with Gasteiger partial charge in [0, 0.05) is 11.8 Å². The van der Waals surface area contributed by atoms with Crippen molar-refractivity contribution in [2.45, 2.75) is 65.5 Å². The first-order valence-corrected chi connectivity index (χ1v) is 5.58. The summed E-state index contributed by atoms with van der Waals surface area (Å²) in [7, 11) is 0. The third kappa shape index (κ3) is 8.24. The molecule has 0 bridgehead atoms. The molecule has 0 amide bonds. The lowest BCUT2D eigenvalue weighted by molar-refractivity contribution is 0.492. The van der Waals surface area contributed by atoms with Crippen LogP contribution in [0.25, 0.3) is 0 Å². The van der Waals surface area contributed by atoms with Crippen LogP contribution in [0.15, 0.2) is 4.99 Å². The van der Waals surface area contributed by atoms with Crippen molar-refractivity contribution in [3.8, 4) is 0 Å². The maximum atomic E-state index is 4.52. The molecule has 0 saturated carbocycles. The van der Waals surface area contributed by atoms with Gasteiger partial charge in [0.15, 0.2) is 0 Å². The van der Waals surface area contributed by atoms with Crippen molar-refractivity contribution < 1.29 is 0 Å². The van der Waals surface area contributed by atoms with Gasteiger partial charge in [0.2, 0.25) is 0 Å². The highest BCUT2D eigenvalue weighted by Gasteiger charge is 2.15. The summed E-state index contributed by atoms with van der Waals surface area (Å²) >= 11 is 0. The minimum atomic E-state index is 0.0163. The van der Waals surface area contributed by atoms with Gasteiger partial charge in [0.25, 0.3) is 0 Å². The van der Waals surface area contributed by atoms with Crippen molar-refractivity contribution in [2.75, 3.05) is 6.54 Å². The lowest BCUT2D eigenvalue weighted by Gasteiger charge is -2.23. The molecule has 2 heteroatoms. The summed E-state index contributed by atoms with van der Waals surface area (Å²) in [5.41, 5.74) is 0.0478. The first-order chi connectivity index (χ1) is 6.27. The smallest absolute Gasteiger partial charge is 0.0521 e. The van der Waals surface area contributed by atoms with E-state index in [0.29, 0.717) is 0 Å². The molecule has 14 heavy (non-hydrogen) atoms. The van der Waals surface area contributed by atoms with Gasteiger partial charge in [-0.15, -0.1) is 0 Å². The highest BCUT2D eigenvalue weighted by molar-refractivity contribution is 5.69. The maximum Gasteiger partial charge on any atom is 0.0521 e. The Hall–Kier alpha value is -0.370. The Morgan fingerprint density at radius 1 is 1.14 bits per heavy atom. The minimum absolute atomic E-state index is 0.0163. The van der Waals surface area contributed by atoms with Gasteiger partial charge in [-0.1, -0.05) is 13.3 Å². The average molecular weight is 198 g/mol. The molecule has 0 heterocycles. The average Bonchev–Trinajstić information content (AvgIpc) is 2.00. The summed E-state index contributed by atoms with van der Waals surface area (Å²) < 4.78 is 0. The first kappa shape index (κ1) is 13.6. The van der Waals surface area contributed by atoms with Gasteiger partial charge < -0.3 is 5.32 Å². The molecule has 0 aromatic carbocycles. The Kier molecular flexibility index (Phi) is 5.35. The molecule has 0 aromatic heterocycles. The fraction of sp³-hybridized carbons (Fsp3) is 0.917. The molecule has 0 rings (SSSR count). The van der Waals surface area contributed by atoms with E-state index in [1.807, 2.05) is 6.21 Å². The van der Waals surface area contributed by atoms with Crippen LogP contribution in [0.5, 0.6) is 0 Å². The van der Waals surface area contributed by atoms with E-state index >= 15 is 0 Å². The summed E-state index contributed by atoms with van der Waals surface area (Å²) in [5.74, 6) is 0. The van der Waals surface area contributed by atoms with E-state index in [1.165, 1.54) is 12.8 Å². The monoisotopic (exact) mass is 198 g/mol. The van der Waals surface area contributed by atoms with Crippen LogP contribution >= 0.6 is 0 Å². The zero-order chi connectivity index (χ0) is 11.2. The van der Waals surface area contributed by atoms with Gasteiger partial charge in [-0.3, -0.25) is 4.99 Å². The Bertz CT molecular complexity index is 175. The Labute approximate surface area is 89.2 Å². The lowest BCUT2D eigenvalue weighted by Crippen LogP contribution is -2.41. The molecule has 0 atom stereocenters. The van der Waals surface area contributed by atoms with Gasteiger partial charge in [-0.25, -0.2) is 0 Å². The van der Waals surface area contributed by atoms with E-state index in [2.05, 4.69) is 51.9 Å². The normalized spacial score (nSPS) is 13.9. The highest BCUT2D eigenvalue weighted by atomic mass is 15.0. The van der Waals surface area contributed by atoms with Gasteiger partial charge >= 0.3 is 0 Å². The Morgan fingerprint density at radius 2 is 1.71 bits per heavy atom. The SMILES string of the molecule is CCCCNC(C)(C)/C=N/C(C)(C)C. The van der Waals surface area contributed by atoms with Crippen LogP contribution in [0.1, 0.15) is 54.4 Å². The van der Waals surface area contributed by atoms with Gasteiger partial charge in [0.05, 0.1) is 5.54 Å². The quantitative estimate of drug-likeness (QED) is 0.533. The molecule has 0 fully saturated rings. The van der Waals surface area contributed by atoms with Crippen molar-refractivity contribution in [3.05, 3.63) is 0 Å². The molecule has 84 valence electrons. The second kappa shape index (κ2) is 5.50. The number of rotatable bonds is 5. The molecule has 1 N–H and O–H groups in total. The molecule has 0 aliphatic heterocycles. The summed E-state index contributed by atoms with van der Waals surface area (Å²) in [6, 6.07) is 0. The maximum absolute atomic E-state index is 4.52. The molecule has 0 radical (unpaired) electrons. The molecular weight excluding hydrogens is 172 g/mol. The van der Waals surface area contributed by atoms with Gasteiger partial charge in [0.1, 0.15) is 0 Å². The van der Waals surface area contributed by atoms with Crippen LogP contribution in [0.2, 0.25) is 0 Å². The number of hydrogen-bond donors (Lipinski definition) is 1. The van der Waals surface area contributed by atoms with Crippen LogP contribution in [0.4, 0.5) is 0 Å². The van der Waals surface area contributed by atoms with E-state index in [1.54, 1.807) is 0 Å². The first-order valence-electron chi connectivity index (χ1n) is 5.58. The van der Waals surface area contributed by atoms with Crippen LogP contribution in [-0.2, 0) is 0 Å². The molecule has 0 saturated heterocycles. The lowest BCUT2D eigenvalue weighted by atomic mass is 10.1. The Balaban J connectivity index is 4.00. The van der Waals surface area contributed by atoms with Crippen molar-refractivity contribution in [1.82, 2.24) is 5.32 Å².